The van der Waals surface area contributed by atoms with Crippen LogP contribution in [-0.4, -0.2) is 4.98 Å². The summed E-state index contributed by atoms with van der Waals surface area (Å²) < 4.78 is 0. The summed E-state index contributed by atoms with van der Waals surface area (Å²) in [5.74, 6) is 0. The minimum atomic E-state index is 0.110. The molecule has 0 amide bonds. The number of anilines is 1. The van der Waals surface area contributed by atoms with Crippen molar-refractivity contribution in [2.75, 3.05) is 5.32 Å². The van der Waals surface area contributed by atoms with Crippen LogP contribution in [0.15, 0.2) is 42.6 Å². The SMILES string of the molecule is Cc1ccc(C#N)cc1NC(C)c1ccccn1. The first-order valence-corrected chi connectivity index (χ1v) is 5.89. The maximum absolute atomic E-state index is 8.91. The Morgan fingerprint density at radius 3 is 2.78 bits per heavy atom. The molecule has 0 aliphatic rings. The van der Waals surface area contributed by atoms with Gasteiger partial charge in [-0.2, -0.15) is 5.26 Å². The van der Waals surface area contributed by atoms with Gasteiger partial charge in [-0.05, 0) is 43.7 Å². The van der Waals surface area contributed by atoms with Crippen molar-refractivity contribution < 1.29 is 0 Å². The Bertz CT molecular complexity index is 570. The molecule has 3 nitrogen and oxygen atoms in total. The van der Waals surface area contributed by atoms with Crippen LogP contribution in [0, 0.1) is 18.3 Å². The molecule has 1 atom stereocenters. The van der Waals surface area contributed by atoms with Crippen LogP contribution in [0.4, 0.5) is 5.69 Å². The normalized spacial score (nSPS) is 11.6. The second-order valence-electron chi connectivity index (χ2n) is 4.26. The second kappa shape index (κ2) is 5.33. The molecule has 1 aromatic carbocycles. The van der Waals surface area contributed by atoms with E-state index in [1.807, 2.05) is 43.3 Å². The minimum Gasteiger partial charge on any atom is -0.377 e. The molecule has 1 N–H and O–H groups in total. The van der Waals surface area contributed by atoms with E-state index < -0.39 is 0 Å². The van der Waals surface area contributed by atoms with Crippen LogP contribution in [-0.2, 0) is 0 Å². The predicted octanol–water partition coefficient (Wildman–Crippen LogP) is 3.43. The average Bonchev–Trinajstić information content (AvgIpc) is 2.42. The number of nitrogens with zero attached hydrogens (tertiary/aromatic N) is 2. The molecule has 0 bridgehead atoms. The van der Waals surface area contributed by atoms with Crippen molar-refractivity contribution in [3.05, 3.63) is 59.4 Å². The van der Waals surface area contributed by atoms with Gasteiger partial charge in [0.15, 0.2) is 0 Å². The molecule has 2 rings (SSSR count). The highest BCUT2D eigenvalue weighted by Crippen LogP contribution is 2.22. The van der Waals surface area contributed by atoms with Crippen LogP contribution in [0.2, 0.25) is 0 Å². The van der Waals surface area contributed by atoms with Gasteiger partial charge >= 0.3 is 0 Å². The van der Waals surface area contributed by atoms with Gasteiger partial charge in [0.25, 0.3) is 0 Å². The van der Waals surface area contributed by atoms with Gasteiger partial charge in [0.05, 0.1) is 23.4 Å². The molecule has 0 saturated carbocycles. The summed E-state index contributed by atoms with van der Waals surface area (Å²) in [4.78, 5) is 4.32. The van der Waals surface area contributed by atoms with Crippen molar-refractivity contribution in [3.8, 4) is 6.07 Å². The van der Waals surface area contributed by atoms with Crippen molar-refractivity contribution >= 4 is 5.69 Å². The van der Waals surface area contributed by atoms with E-state index in [1.165, 1.54) is 0 Å². The summed E-state index contributed by atoms with van der Waals surface area (Å²) in [5.41, 5.74) is 3.75. The van der Waals surface area contributed by atoms with E-state index in [2.05, 4.69) is 23.3 Å². The number of rotatable bonds is 3. The van der Waals surface area contributed by atoms with Gasteiger partial charge in [-0.1, -0.05) is 12.1 Å². The highest BCUT2D eigenvalue weighted by molar-refractivity contribution is 5.56. The molecule has 0 spiro atoms. The van der Waals surface area contributed by atoms with E-state index in [9.17, 15) is 0 Å². The number of nitriles is 1. The van der Waals surface area contributed by atoms with Gasteiger partial charge in [0.2, 0.25) is 0 Å². The van der Waals surface area contributed by atoms with Crippen LogP contribution < -0.4 is 5.32 Å². The van der Waals surface area contributed by atoms with E-state index in [0.29, 0.717) is 5.56 Å². The van der Waals surface area contributed by atoms with Crippen molar-refractivity contribution in [2.24, 2.45) is 0 Å². The van der Waals surface area contributed by atoms with Gasteiger partial charge in [0, 0.05) is 11.9 Å². The average molecular weight is 237 g/mol. The fraction of sp³-hybridized carbons (Fsp3) is 0.200. The van der Waals surface area contributed by atoms with Crippen molar-refractivity contribution in [1.82, 2.24) is 4.98 Å². The lowest BCUT2D eigenvalue weighted by molar-refractivity contribution is 0.838. The largest absolute Gasteiger partial charge is 0.377 e. The number of pyridine rings is 1. The molecule has 1 heterocycles. The third-order valence-electron chi connectivity index (χ3n) is 2.87. The lowest BCUT2D eigenvalue weighted by Crippen LogP contribution is -2.09. The maximum Gasteiger partial charge on any atom is 0.0992 e. The molecule has 90 valence electrons. The number of hydrogen-bond donors (Lipinski definition) is 1. The van der Waals surface area contributed by atoms with Crippen molar-refractivity contribution in [1.29, 1.82) is 5.26 Å². The van der Waals surface area contributed by atoms with Crippen LogP contribution in [0.25, 0.3) is 0 Å². The Labute approximate surface area is 107 Å². The fourth-order valence-electron chi connectivity index (χ4n) is 1.79. The number of benzene rings is 1. The Morgan fingerprint density at radius 1 is 1.28 bits per heavy atom. The molecule has 3 heteroatoms. The van der Waals surface area contributed by atoms with E-state index in [4.69, 9.17) is 5.26 Å². The van der Waals surface area contributed by atoms with Crippen LogP contribution in [0.1, 0.15) is 29.8 Å². The van der Waals surface area contributed by atoms with Crippen LogP contribution in [0.5, 0.6) is 0 Å². The highest BCUT2D eigenvalue weighted by atomic mass is 14.9. The van der Waals surface area contributed by atoms with Crippen molar-refractivity contribution in [3.63, 3.8) is 0 Å². The van der Waals surface area contributed by atoms with Gasteiger partial charge in [-0.25, -0.2) is 0 Å². The zero-order valence-corrected chi connectivity index (χ0v) is 10.5. The quantitative estimate of drug-likeness (QED) is 0.889. The van der Waals surface area contributed by atoms with E-state index >= 15 is 0 Å². The van der Waals surface area contributed by atoms with E-state index in [1.54, 1.807) is 6.20 Å². The summed E-state index contributed by atoms with van der Waals surface area (Å²) in [6.45, 7) is 4.08. The third kappa shape index (κ3) is 2.67. The lowest BCUT2D eigenvalue weighted by atomic mass is 10.1. The molecule has 0 aliphatic carbocycles. The van der Waals surface area contributed by atoms with Crippen molar-refractivity contribution in [2.45, 2.75) is 19.9 Å². The first kappa shape index (κ1) is 12.1. The molecular weight excluding hydrogens is 222 g/mol. The molecular formula is C15H15N3. The summed E-state index contributed by atoms with van der Waals surface area (Å²) in [6.07, 6.45) is 1.78. The molecule has 1 aromatic heterocycles. The zero-order chi connectivity index (χ0) is 13.0. The first-order chi connectivity index (χ1) is 8.70. The smallest absolute Gasteiger partial charge is 0.0992 e. The minimum absolute atomic E-state index is 0.110. The number of aryl methyl sites for hydroxylation is 1. The summed E-state index contributed by atoms with van der Waals surface area (Å²) >= 11 is 0. The molecule has 18 heavy (non-hydrogen) atoms. The Morgan fingerprint density at radius 2 is 2.11 bits per heavy atom. The molecule has 0 fully saturated rings. The van der Waals surface area contributed by atoms with E-state index in [-0.39, 0.29) is 6.04 Å². The second-order valence-corrected chi connectivity index (χ2v) is 4.26. The van der Waals surface area contributed by atoms with Crippen LogP contribution in [0.3, 0.4) is 0 Å². The standard InChI is InChI=1S/C15H15N3/c1-11-6-7-13(10-16)9-15(11)18-12(2)14-5-3-4-8-17-14/h3-9,12,18H,1-2H3. The molecule has 2 aromatic rings. The predicted molar refractivity (Wildman–Crippen MR) is 72.2 cm³/mol. The molecule has 0 aliphatic heterocycles. The van der Waals surface area contributed by atoms with Crippen LogP contribution >= 0.6 is 0 Å². The summed E-state index contributed by atoms with van der Waals surface area (Å²) in [6, 6.07) is 13.8. The molecule has 1 unspecified atom stereocenters. The van der Waals surface area contributed by atoms with Gasteiger partial charge in [0.1, 0.15) is 0 Å². The first-order valence-electron chi connectivity index (χ1n) is 5.89. The molecule has 0 radical (unpaired) electrons. The summed E-state index contributed by atoms with van der Waals surface area (Å²) in [5, 5.41) is 12.3. The number of nitrogens with one attached hydrogen (secondary N) is 1. The fourth-order valence-corrected chi connectivity index (χ4v) is 1.79. The lowest BCUT2D eigenvalue weighted by Gasteiger charge is -2.16. The van der Waals surface area contributed by atoms with Gasteiger partial charge in [-0.15, -0.1) is 0 Å². The Hall–Kier alpha value is -2.34. The zero-order valence-electron chi connectivity index (χ0n) is 10.5. The Balaban J connectivity index is 2.22. The summed E-state index contributed by atoms with van der Waals surface area (Å²) in [7, 11) is 0. The van der Waals surface area contributed by atoms with Gasteiger partial charge in [-0.3, -0.25) is 4.98 Å². The maximum atomic E-state index is 8.91. The van der Waals surface area contributed by atoms with Gasteiger partial charge < -0.3 is 5.32 Å². The molecule has 0 saturated heterocycles. The highest BCUT2D eigenvalue weighted by Gasteiger charge is 2.08. The monoisotopic (exact) mass is 237 g/mol. The number of hydrogen-bond acceptors (Lipinski definition) is 3. The topological polar surface area (TPSA) is 48.7 Å². The third-order valence-corrected chi connectivity index (χ3v) is 2.87. The number of aromatic nitrogens is 1. The van der Waals surface area contributed by atoms with E-state index in [0.717, 1.165) is 16.9 Å². The Kier molecular flexibility index (Phi) is 3.59.